The molecule has 15 heavy (non-hydrogen) atoms. The summed E-state index contributed by atoms with van der Waals surface area (Å²) < 4.78 is 4.69. The van der Waals surface area contributed by atoms with Gasteiger partial charge in [-0.15, -0.1) is 0 Å². The second kappa shape index (κ2) is 8.73. The van der Waals surface area contributed by atoms with Crippen LogP contribution in [0.3, 0.4) is 0 Å². The average molecular weight is 233 g/mol. The molecule has 0 saturated heterocycles. The van der Waals surface area contributed by atoms with Crippen LogP contribution in [-0.2, 0) is 14.3 Å². The largest absolute Gasteiger partial charge is 0.466 e. The van der Waals surface area contributed by atoms with Crippen molar-refractivity contribution in [2.45, 2.75) is 13.3 Å². The SMILES string of the molecule is CCOC(=O)CC(=O)CN(C)CCSC. The Kier molecular flexibility index (Phi) is 8.41. The van der Waals surface area contributed by atoms with E-state index in [2.05, 4.69) is 0 Å². The van der Waals surface area contributed by atoms with Gasteiger partial charge in [0.2, 0.25) is 0 Å². The molecule has 0 heterocycles. The van der Waals surface area contributed by atoms with Gasteiger partial charge in [0.05, 0.1) is 13.2 Å². The van der Waals surface area contributed by atoms with Crippen LogP contribution in [0.1, 0.15) is 13.3 Å². The molecule has 0 N–H and O–H groups in total. The van der Waals surface area contributed by atoms with Crippen LogP contribution in [0.15, 0.2) is 0 Å². The first-order chi connectivity index (χ1) is 7.10. The van der Waals surface area contributed by atoms with Gasteiger partial charge >= 0.3 is 5.97 Å². The Balaban J connectivity index is 3.68. The van der Waals surface area contributed by atoms with Gasteiger partial charge in [-0.25, -0.2) is 0 Å². The fourth-order valence-electron chi connectivity index (χ4n) is 1.06. The Morgan fingerprint density at radius 1 is 1.40 bits per heavy atom. The lowest BCUT2D eigenvalue weighted by Gasteiger charge is -2.14. The second-order valence-electron chi connectivity index (χ2n) is 3.25. The molecule has 0 aromatic carbocycles. The van der Waals surface area contributed by atoms with Crippen LogP contribution < -0.4 is 0 Å². The molecule has 4 nitrogen and oxygen atoms in total. The Bertz CT molecular complexity index is 209. The van der Waals surface area contributed by atoms with Crippen molar-refractivity contribution < 1.29 is 14.3 Å². The van der Waals surface area contributed by atoms with Crippen molar-refractivity contribution in [3.63, 3.8) is 0 Å². The molecule has 0 saturated carbocycles. The van der Waals surface area contributed by atoms with Crippen LogP contribution in [0.4, 0.5) is 0 Å². The highest BCUT2D eigenvalue weighted by Gasteiger charge is 2.12. The Morgan fingerprint density at radius 3 is 2.60 bits per heavy atom. The molecule has 0 aliphatic rings. The standard InChI is InChI=1S/C10H19NO3S/c1-4-14-10(13)7-9(12)8-11(2)5-6-15-3/h4-8H2,1-3H3. The predicted octanol–water partition coefficient (Wildman–Crippen LogP) is 0.803. The van der Waals surface area contributed by atoms with E-state index in [1.165, 1.54) is 0 Å². The maximum atomic E-state index is 11.4. The number of hydrogen-bond acceptors (Lipinski definition) is 5. The van der Waals surface area contributed by atoms with Crippen molar-refractivity contribution >= 4 is 23.5 Å². The van der Waals surface area contributed by atoms with Crippen molar-refractivity contribution in [1.29, 1.82) is 0 Å². The molecule has 0 fully saturated rings. The summed E-state index contributed by atoms with van der Waals surface area (Å²) in [5.74, 6) is 0.473. The zero-order valence-electron chi connectivity index (χ0n) is 9.62. The van der Waals surface area contributed by atoms with E-state index in [1.54, 1.807) is 18.7 Å². The van der Waals surface area contributed by atoms with Gasteiger partial charge in [0.25, 0.3) is 0 Å². The third kappa shape index (κ3) is 8.44. The fraction of sp³-hybridized carbons (Fsp3) is 0.800. The quantitative estimate of drug-likeness (QED) is 0.458. The number of esters is 1. The molecule has 88 valence electrons. The number of thioether (sulfide) groups is 1. The van der Waals surface area contributed by atoms with Crippen molar-refractivity contribution in [3.8, 4) is 0 Å². The lowest BCUT2D eigenvalue weighted by molar-refractivity contribution is -0.145. The predicted molar refractivity (Wildman–Crippen MR) is 62.1 cm³/mol. The molecule has 0 aromatic heterocycles. The van der Waals surface area contributed by atoms with Crippen LogP contribution in [-0.4, -0.2) is 55.4 Å². The van der Waals surface area contributed by atoms with Gasteiger partial charge in [-0.05, 0) is 20.2 Å². The van der Waals surface area contributed by atoms with Gasteiger partial charge in [-0.3, -0.25) is 14.5 Å². The van der Waals surface area contributed by atoms with E-state index in [-0.39, 0.29) is 12.2 Å². The summed E-state index contributed by atoms with van der Waals surface area (Å²) in [5, 5.41) is 0. The summed E-state index contributed by atoms with van der Waals surface area (Å²) >= 11 is 1.73. The molecule has 0 radical (unpaired) electrons. The normalized spacial score (nSPS) is 10.4. The van der Waals surface area contributed by atoms with E-state index in [9.17, 15) is 9.59 Å². The molecule has 0 unspecified atom stereocenters. The zero-order chi connectivity index (χ0) is 11.7. The van der Waals surface area contributed by atoms with Gasteiger partial charge in [-0.1, -0.05) is 0 Å². The van der Waals surface area contributed by atoms with Gasteiger partial charge in [0.15, 0.2) is 5.78 Å². The van der Waals surface area contributed by atoms with E-state index in [1.807, 2.05) is 18.2 Å². The lowest BCUT2D eigenvalue weighted by atomic mass is 10.3. The third-order valence-corrected chi connectivity index (χ3v) is 2.36. The van der Waals surface area contributed by atoms with Crippen molar-refractivity contribution in [2.75, 3.05) is 38.8 Å². The van der Waals surface area contributed by atoms with Gasteiger partial charge in [0.1, 0.15) is 6.42 Å². The second-order valence-corrected chi connectivity index (χ2v) is 4.24. The summed E-state index contributed by atoms with van der Waals surface area (Å²) in [5.41, 5.74) is 0. The number of Topliss-reactive ketones (excluding diaryl/α,β-unsaturated/α-hetero) is 1. The minimum absolute atomic E-state index is 0.0861. The van der Waals surface area contributed by atoms with Crippen molar-refractivity contribution in [1.82, 2.24) is 4.90 Å². The van der Waals surface area contributed by atoms with E-state index in [0.29, 0.717) is 13.2 Å². The highest BCUT2D eigenvalue weighted by Crippen LogP contribution is 1.95. The number of nitrogens with zero attached hydrogens (tertiary/aromatic N) is 1. The van der Waals surface area contributed by atoms with Gasteiger partial charge in [0, 0.05) is 12.3 Å². The molecule has 0 spiro atoms. The minimum atomic E-state index is -0.430. The summed E-state index contributed by atoms with van der Waals surface area (Å²) in [6, 6.07) is 0. The number of rotatable bonds is 8. The lowest BCUT2D eigenvalue weighted by Crippen LogP contribution is -2.29. The number of ether oxygens (including phenoxy) is 1. The maximum Gasteiger partial charge on any atom is 0.313 e. The molecular weight excluding hydrogens is 214 g/mol. The Hall–Kier alpha value is -0.550. The molecule has 0 aliphatic heterocycles. The van der Waals surface area contributed by atoms with Crippen LogP contribution in [0.25, 0.3) is 0 Å². The van der Waals surface area contributed by atoms with Crippen molar-refractivity contribution in [2.24, 2.45) is 0 Å². The van der Waals surface area contributed by atoms with E-state index >= 15 is 0 Å². The number of hydrogen-bond donors (Lipinski definition) is 0. The Morgan fingerprint density at radius 2 is 2.07 bits per heavy atom. The Labute approximate surface area is 95.3 Å². The van der Waals surface area contributed by atoms with Crippen LogP contribution in [0.5, 0.6) is 0 Å². The number of ketones is 1. The fourth-order valence-corrected chi connectivity index (χ4v) is 1.55. The highest BCUT2D eigenvalue weighted by atomic mass is 32.2. The molecule has 5 heteroatoms. The van der Waals surface area contributed by atoms with E-state index < -0.39 is 5.97 Å². The summed E-state index contributed by atoms with van der Waals surface area (Å²) in [6.07, 6.45) is 1.91. The zero-order valence-corrected chi connectivity index (χ0v) is 10.4. The first-order valence-corrected chi connectivity index (χ1v) is 6.34. The summed E-state index contributed by atoms with van der Waals surface area (Å²) in [4.78, 5) is 24.3. The first kappa shape index (κ1) is 14.5. The molecule has 0 rings (SSSR count). The third-order valence-electron chi connectivity index (χ3n) is 1.77. The number of carbonyl (C=O) groups is 2. The molecule has 0 aromatic rings. The average Bonchev–Trinajstić information content (AvgIpc) is 2.14. The number of carbonyl (C=O) groups excluding carboxylic acids is 2. The topological polar surface area (TPSA) is 46.6 Å². The number of likely N-dealkylation sites (N-methyl/N-ethyl adjacent to an activating group) is 1. The summed E-state index contributed by atoms with van der Waals surface area (Å²) in [6.45, 7) is 3.23. The molecular formula is C10H19NO3S. The molecule has 0 amide bonds. The van der Waals surface area contributed by atoms with Crippen LogP contribution in [0.2, 0.25) is 0 Å². The molecule has 0 aliphatic carbocycles. The smallest absolute Gasteiger partial charge is 0.313 e. The van der Waals surface area contributed by atoms with Crippen LogP contribution in [0, 0.1) is 0 Å². The van der Waals surface area contributed by atoms with Gasteiger partial charge in [-0.2, -0.15) is 11.8 Å². The first-order valence-electron chi connectivity index (χ1n) is 4.95. The maximum absolute atomic E-state index is 11.4. The molecule has 0 bridgehead atoms. The monoisotopic (exact) mass is 233 g/mol. The minimum Gasteiger partial charge on any atom is -0.466 e. The van der Waals surface area contributed by atoms with Crippen LogP contribution >= 0.6 is 11.8 Å². The highest BCUT2D eigenvalue weighted by molar-refractivity contribution is 7.98. The van der Waals surface area contributed by atoms with Gasteiger partial charge < -0.3 is 4.74 Å². The molecule has 0 atom stereocenters. The van der Waals surface area contributed by atoms with E-state index in [0.717, 1.165) is 12.3 Å². The summed E-state index contributed by atoms with van der Waals surface area (Å²) in [7, 11) is 1.87. The van der Waals surface area contributed by atoms with Crippen molar-refractivity contribution in [3.05, 3.63) is 0 Å². The van der Waals surface area contributed by atoms with E-state index in [4.69, 9.17) is 4.74 Å².